The Balaban J connectivity index is 1.50. The molecule has 1 heterocycles. The Kier molecular flexibility index (Phi) is 8.06. The van der Waals surface area contributed by atoms with Gasteiger partial charge in [0.05, 0.1) is 18.9 Å². The quantitative estimate of drug-likeness (QED) is 0.351. The Morgan fingerprint density at radius 2 is 1.91 bits per heavy atom. The van der Waals surface area contributed by atoms with E-state index in [0.717, 1.165) is 17.0 Å². The number of ether oxygens (including phenoxy) is 1. The molecule has 33 heavy (non-hydrogen) atoms. The summed E-state index contributed by atoms with van der Waals surface area (Å²) in [4.78, 5) is 15.4. The van der Waals surface area contributed by atoms with E-state index in [1.165, 1.54) is 24.6 Å². The van der Waals surface area contributed by atoms with Gasteiger partial charge in [-0.2, -0.15) is 0 Å². The summed E-state index contributed by atoms with van der Waals surface area (Å²) in [6.07, 6.45) is 2.39. The van der Waals surface area contributed by atoms with Crippen molar-refractivity contribution >= 4 is 29.3 Å². The molecule has 3 aromatic rings. The van der Waals surface area contributed by atoms with Crippen LogP contribution in [0, 0.1) is 5.92 Å². The van der Waals surface area contributed by atoms with Gasteiger partial charge in [-0.15, -0.1) is 10.2 Å². The highest BCUT2D eigenvalue weighted by molar-refractivity contribution is 7.99. The second-order valence-corrected chi connectivity index (χ2v) is 9.71. The van der Waals surface area contributed by atoms with Gasteiger partial charge in [0.2, 0.25) is 5.91 Å². The van der Waals surface area contributed by atoms with Gasteiger partial charge in [-0.1, -0.05) is 53.7 Å². The van der Waals surface area contributed by atoms with Crippen LogP contribution < -0.4 is 0 Å². The van der Waals surface area contributed by atoms with Crippen molar-refractivity contribution < 1.29 is 9.53 Å². The van der Waals surface area contributed by atoms with Crippen LogP contribution in [0.25, 0.3) is 11.4 Å². The summed E-state index contributed by atoms with van der Waals surface area (Å²) in [5.41, 5.74) is 2.07. The van der Waals surface area contributed by atoms with Crippen LogP contribution in [0.2, 0.25) is 5.02 Å². The smallest absolute Gasteiger partial charge is 0.233 e. The predicted octanol–water partition coefficient (Wildman–Crippen LogP) is 5.16. The first-order valence-electron chi connectivity index (χ1n) is 11.2. The fourth-order valence-corrected chi connectivity index (χ4v) is 4.85. The molecule has 1 aromatic heterocycles. The molecular formula is C25H29ClN4O2S. The number of carbonyl (C=O) groups excluding carboxylic acids is 1. The van der Waals surface area contributed by atoms with Gasteiger partial charge in [0.25, 0.3) is 0 Å². The minimum absolute atomic E-state index is 0.123. The minimum atomic E-state index is 0.123. The van der Waals surface area contributed by atoms with E-state index in [4.69, 9.17) is 16.3 Å². The number of hydrogen-bond acceptors (Lipinski definition) is 5. The molecular weight excluding hydrogens is 456 g/mol. The van der Waals surface area contributed by atoms with Crippen molar-refractivity contribution in [3.8, 4) is 11.4 Å². The first-order valence-corrected chi connectivity index (χ1v) is 12.6. The lowest BCUT2D eigenvalue weighted by Gasteiger charge is -2.29. The largest absolute Gasteiger partial charge is 0.383 e. The monoisotopic (exact) mass is 484 g/mol. The first kappa shape index (κ1) is 23.8. The maximum absolute atomic E-state index is 13.3. The van der Waals surface area contributed by atoms with Gasteiger partial charge in [0.1, 0.15) is 0 Å². The average Bonchev–Trinajstić information content (AvgIpc) is 3.61. The molecule has 0 N–H and O–H groups in total. The fourth-order valence-electron chi connectivity index (χ4n) is 3.87. The van der Waals surface area contributed by atoms with E-state index in [0.29, 0.717) is 41.5 Å². The number of nitrogens with zero attached hydrogens (tertiary/aromatic N) is 4. The maximum Gasteiger partial charge on any atom is 0.233 e. The summed E-state index contributed by atoms with van der Waals surface area (Å²) in [5.74, 6) is 1.78. The summed E-state index contributed by atoms with van der Waals surface area (Å²) in [7, 11) is 1.67. The lowest BCUT2D eigenvalue weighted by molar-refractivity contribution is -0.131. The van der Waals surface area contributed by atoms with Crippen LogP contribution >= 0.6 is 23.4 Å². The molecule has 0 radical (unpaired) electrons. The van der Waals surface area contributed by atoms with E-state index in [2.05, 4.69) is 29.3 Å². The number of carbonyl (C=O) groups is 1. The van der Waals surface area contributed by atoms with Gasteiger partial charge in [0.15, 0.2) is 11.0 Å². The van der Waals surface area contributed by atoms with E-state index in [9.17, 15) is 4.79 Å². The second-order valence-electron chi connectivity index (χ2n) is 8.33. The highest BCUT2D eigenvalue weighted by Crippen LogP contribution is 2.36. The molecule has 1 aliphatic carbocycles. The molecule has 1 atom stereocenters. The number of amides is 1. The van der Waals surface area contributed by atoms with Crippen molar-refractivity contribution in [2.24, 2.45) is 5.92 Å². The highest BCUT2D eigenvalue weighted by atomic mass is 35.5. The Morgan fingerprint density at radius 1 is 1.18 bits per heavy atom. The highest BCUT2D eigenvalue weighted by Gasteiger charge is 2.34. The zero-order valence-electron chi connectivity index (χ0n) is 19.0. The summed E-state index contributed by atoms with van der Waals surface area (Å²) in [6, 6.07) is 17.9. The fraction of sp³-hybridized carbons (Fsp3) is 0.400. The van der Waals surface area contributed by atoms with Crippen molar-refractivity contribution in [3.05, 3.63) is 65.2 Å². The van der Waals surface area contributed by atoms with Gasteiger partial charge in [-0.3, -0.25) is 9.36 Å². The molecule has 1 amide bonds. The first-order chi connectivity index (χ1) is 16.1. The van der Waals surface area contributed by atoms with Crippen LogP contribution in [0.4, 0.5) is 0 Å². The molecule has 1 saturated carbocycles. The van der Waals surface area contributed by atoms with Crippen LogP contribution in [0.3, 0.4) is 0 Å². The van der Waals surface area contributed by atoms with Gasteiger partial charge < -0.3 is 9.64 Å². The molecule has 8 heteroatoms. The maximum atomic E-state index is 13.3. The molecule has 2 aromatic carbocycles. The summed E-state index contributed by atoms with van der Waals surface area (Å²) >= 11 is 7.47. The minimum Gasteiger partial charge on any atom is -0.383 e. The summed E-state index contributed by atoms with van der Waals surface area (Å²) < 4.78 is 7.30. The molecule has 0 saturated heterocycles. The van der Waals surface area contributed by atoms with Gasteiger partial charge in [-0.05, 0) is 55.5 Å². The third kappa shape index (κ3) is 6.16. The van der Waals surface area contributed by atoms with Gasteiger partial charge in [-0.25, -0.2) is 0 Å². The van der Waals surface area contributed by atoms with Crippen molar-refractivity contribution in [2.45, 2.75) is 44.1 Å². The van der Waals surface area contributed by atoms with Crippen LogP contribution in [-0.4, -0.2) is 51.1 Å². The lowest BCUT2D eigenvalue weighted by Crippen LogP contribution is -2.40. The molecule has 1 fully saturated rings. The molecule has 0 aliphatic heterocycles. The number of halogens is 1. The Bertz CT molecular complexity index is 1050. The topological polar surface area (TPSA) is 60.2 Å². The van der Waals surface area contributed by atoms with Crippen LogP contribution in [0.5, 0.6) is 0 Å². The standard InChI is InChI=1S/C25H29ClN4O2S/c1-18(20-8-9-20)30(16-19-6-4-3-5-7-19)23(31)17-33-25-28-27-24(29(25)14-15-32-2)21-10-12-22(26)13-11-21/h3-7,10-13,18,20H,8-9,14-17H2,1-2H3. The number of rotatable bonds is 11. The number of thioether (sulfide) groups is 1. The zero-order valence-corrected chi connectivity index (χ0v) is 20.6. The van der Waals surface area contributed by atoms with Crippen molar-refractivity contribution in [2.75, 3.05) is 19.5 Å². The zero-order chi connectivity index (χ0) is 23.2. The number of hydrogen-bond donors (Lipinski definition) is 0. The van der Waals surface area contributed by atoms with Gasteiger partial charge in [0, 0.05) is 30.3 Å². The third-order valence-corrected chi connectivity index (χ3v) is 7.18. The SMILES string of the molecule is COCCn1c(SCC(=O)N(Cc2ccccc2)C(C)C2CC2)nnc1-c1ccc(Cl)cc1. The number of benzene rings is 2. The molecule has 0 spiro atoms. The van der Waals surface area contributed by atoms with Gasteiger partial charge >= 0.3 is 0 Å². The Hall–Kier alpha value is -2.35. The third-order valence-electron chi connectivity index (χ3n) is 5.97. The summed E-state index contributed by atoms with van der Waals surface area (Å²) in [6.45, 7) is 3.93. The van der Waals surface area contributed by atoms with Crippen LogP contribution in [0.15, 0.2) is 59.8 Å². The molecule has 4 rings (SSSR count). The second kappa shape index (κ2) is 11.2. The Morgan fingerprint density at radius 3 is 2.58 bits per heavy atom. The van der Waals surface area contributed by atoms with E-state index in [-0.39, 0.29) is 11.9 Å². The normalized spacial score (nSPS) is 14.3. The van der Waals surface area contributed by atoms with Crippen molar-refractivity contribution in [1.29, 1.82) is 0 Å². The molecule has 1 aliphatic rings. The lowest BCUT2D eigenvalue weighted by atomic mass is 10.1. The van der Waals surface area contributed by atoms with Crippen LogP contribution in [0.1, 0.15) is 25.3 Å². The number of aromatic nitrogens is 3. The van der Waals surface area contributed by atoms with Crippen LogP contribution in [-0.2, 0) is 22.6 Å². The van der Waals surface area contributed by atoms with Crippen molar-refractivity contribution in [3.63, 3.8) is 0 Å². The molecule has 174 valence electrons. The average molecular weight is 485 g/mol. The van der Waals surface area contributed by atoms with E-state index in [1.54, 1.807) is 7.11 Å². The van der Waals surface area contributed by atoms with E-state index in [1.807, 2.05) is 51.9 Å². The summed E-state index contributed by atoms with van der Waals surface area (Å²) in [5, 5.41) is 10.2. The number of methoxy groups -OCH3 is 1. The Labute approximate surface area is 204 Å². The predicted molar refractivity (Wildman–Crippen MR) is 132 cm³/mol. The van der Waals surface area contributed by atoms with Crippen molar-refractivity contribution in [1.82, 2.24) is 19.7 Å². The van der Waals surface area contributed by atoms with E-state index >= 15 is 0 Å². The molecule has 0 bridgehead atoms. The van der Waals surface area contributed by atoms with E-state index < -0.39 is 0 Å². The molecule has 6 nitrogen and oxygen atoms in total. The molecule has 1 unspecified atom stereocenters.